The van der Waals surface area contributed by atoms with Crippen molar-refractivity contribution in [2.24, 2.45) is 17.8 Å². The van der Waals surface area contributed by atoms with Gasteiger partial charge < -0.3 is 15.1 Å². The van der Waals surface area contributed by atoms with Gasteiger partial charge in [-0.25, -0.2) is 0 Å². The second kappa shape index (κ2) is 5.15. The molecule has 4 heteroatoms. The maximum Gasteiger partial charge on any atom is 0.226 e. The molecular formula is C12H21NO3. The molecule has 16 heavy (non-hydrogen) atoms. The smallest absolute Gasteiger partial charge is 0.226 e. The summed E-state index contributed by atoms with van der Waals surface area (Å²) < 4.78 is 0. The Kier molecular flexibility index (Phi) is 3.82. The highest BCUT2D eigenvalue weighted by atomic mass is 16.3. The van der Waals surface area contributed by atoms with Gasteiger partial charge in [0.05, 0.1) is 13.2 Å². The van der Waals surface area contributed by atoms with Crippen LogP contribution in [0.3, 0.4) is 0 Å². The van der Waals surface area contributed by atoms with Gasteiger partial charge in [-0.15, -0.1) is 0 Å². The summed E-state index contributed by atoms with van der Waals surface area (Å²) in [7, 11) is 0. The fourth-order valence-electron chi connectivity index (χ4n) is 3.14. The van der Waals surface area contributed by atoms with Gasteiger partial charge >= 0.3 is 0 Å². The van der Waals surface area contributed by atoms with Crippen LogP contribution in [-0.2, 0) is 4.79 Å². The number of amides is 1. The summed E-state index contributed by atoms with van der Waals surface area (Å²) in [6.07, 6.45) is 4.89. The largest absolute Gasteiger partial charge is 0.395 e. The van der Waals surface area contributed by atoms with Crippen molar-refractivity contribution in [3.8, 4) is 0 Å². The summed E-state index contributed by atoms with van der Waals surface area (Å²) >= 11 is 0. The third-order valence-corrected chi connectivity index (χ3v) is 3.99. The number of nitrogens with zero attached hydrogens (tertiary/aromatic N) is 1. The molecule has 2 fully saturated rings. The van der Waals surface area contributed by atoms with E-state index in [1.807, 2.05) is 0 Å². The Hall–Kier alpha value is -0.610. The summed E-state index contributed by atoms with van der Waals surface area (Å²) in [6, 6.07) is 0. The van der Waals surface area contributed by atoms with Crippen LogP contribution in [0.5, 0.6) is 0 Å². The Bertz CT molecular complexity index is 235. The topological polar surface area (TPSA) is 60.8 Å². The molecule has 2 aliphatic rings. The van der Waals surface area contributed by atoms with E-state index in [0.29, 0.717) is 24.9 Å². The van der Waals surface area contributed by atoms with Crippen LogP contribution < -0.4 is 0 Å². The molecule has 2 saturated carbocycles. The van der Waals surface area contributed by atoms with E-state index >= 15 is 0 Å². The van der Waals surface area contributed by atoms with Gasteiger partial charge in [-0.05, 0) is 24.7 Å². The van der Waals surface area contributed by atoms with Gasteiger partial charge in [-0.2, -0.15) is 0 Å². The summed E-state index contributed by atoms with van der Waals surface area (Å²) in [5.74, 6) is 1.54. The Labute approximate surface area is 96.3 Å². The fourth-order valence-corrected chi connectivity index (χ4v) is 3.14. The van der Waals surface area contributed by atoms with Crippen molar-refractivity contribution < 1.29 is 15.0 Å². The standard InChI is InChI=1S/C12H21NO3/c14-7-5-13(6-8-15)12(16)11-9-3-1-2-4-10(9)11/h9-11,14-15H,1-8H2. The van der Waals surface area contributed by atoms with E-state index in [4.69, 9.17) is 10.2 Å². The lowest BCUT2D eigenvalue weighted by molar-refractivity contribution is -0.134. The van der Waals surface area contributed by atoms with E-state index in [9.17, 15) is 4.79 Å². The molecular weight excluding hydrogens is 206 g/mol. The first kappa shape index (κ1) is 11.9. The van der Waals surface area contributed by atoms with Crippen molar-refractivity contribution in [1.82, 2.24) is 4.90 Å². The van der Waals surface area contributed by atoms with Crippen LogP contribution in [-0.4, -0.2) is 47.3 Å². The first-order valence-corrected chi connectivity index (χ1v) is 6.30. The molecule has 0 aliphatic heterocycles. The normalized spacial score (nSPS) is 32.0. The maximum absolute atomic E-state index is 12.2. The van der Waals surface area contributed by atoms with Crippen LogP contribution in [0.4, 0.5) is 0 Å². The molecule has 0 bridgehead atoms. The van der Waals surface area contributed by atoms with E-state index in [-0.39, 0.29) is 25.0 Å². The van der Waals surface area contributed by atoms with Crippen LogP contribution in [0, 0.1) is 17.8 Å². The minimum atomic E-state index is -0.0200. The molecule has 2 unspecified atom stereocenters. The third kappa shape index (κ3) is 2.23. The zero-order chi connectivity index (χ0) is 11.5. The molecule has 2 rings (SSSR count). The fraction of sp³-hybridized carbons (Fsp3) is 0.917. The third-order valence-electron chi connectivity index (χ3n) is 3.99. The predicted octanol–water partition coefficient (Wildman–Crippen LogP) is 0.236. The van der Waals surface area contributed by atoms with E-state index < -0.39 is 0 Å². The minimum absolute atomic E-state index is 0.0200. The van der Waals surface area contributed by atoms with Crippen molar-refractivity contribution in [1.29, 1.82) is 0 Å². The molecule has 1 amide bonds. The van der Waals surface area contributed by atoms with Crippen molar-refractivity contribution >= 4 is 5.91 Å². The molecule has 0 radical (unpaired) electrons. The number of carbonyl (C=O) groups is 1. The van der Waals surface area contributed by atoms with Crippen LogP contribution in [0.2, 0.25) is 0 Å². The Morgan fingerprint density at radius 3 is 2.00 bits per heavy atom. The summed E-state index contributed by atoms with van der Waals surface area (Å²) in [4.78, 5) is 13.8. The van der Waals surface area contributed by atoms with Gasteiger partial charge in [0.25, 0.3) is 0 Å². The minimum Gasteiger partial charge on any atom is -0.395 e. The zero-order valence-corrected chi connectivity index (χ0v) is 9.64. The lowest BCUT2D eigenvalue weighted by Gasteiger charge is -2.20. The number of rotatable bonds is 5. The SMILES string of the molecule is O=C(C1C2CCCCC21)N(CCO)CCO. The molecule has 0 aromatic carbocycles. The van der Waals surface area contributed by atoms with E-state index in [1.54, 1.807) is 4.90 Å². The van der Waals surface area contributed by atoms with E-state index in [2.05, 4.69) is 0 Å². The zero-order valence-electron chi connectivity index (χ0n) is 9.64. The number of hydrogen-bond donors (Lipinski definition) is 2. The molecule has 2 atom stereocenters. The monoisotopic (exact) mass is 227 g/mol. The van der Waals surface area contributed by atoms with Gasteiger partial charge in [0, 0.05) is 19.0 Å². The number of aliphatic hydroxyl groups is 2. The predicted molar refractivity (Wildman–Crippen MR) is 59.7 cm³/mol. The van der Waals surface area contributed by atoms with E-state index in [1.165, 1.54) is 25.7 Å². The van der Waals surface area contributed by atoms with Crippen molar-refractivity contribution in [3.05, 3.63) is 0 Å². The second-order valence-electron chi connectivity index (χ2n) is 4.91. The Balaban J connectivity index is 1.90. The van der Waals surface area contributed by atoms with Gasteiger partial charge in [-0.1, -0.05) is 12.8 Å². The quantitative estimate of drug-likeness (QED) is 0.707. The molecule has 0 saturated heterocycles. The lowest BCUT2D eigenvalue weighted by atomic mass is 10.0. The van der Waals surface area contributed by atoms with Crippen molar-refractivity contribution in [2.75, 3.05) is 26.3 Å². The average molecular weight is 227 g/mol. The molecule has 0 aromatic heterocycles. The summed E-state index contributed by atoms with van der Waals surface area (Å²) in [6.45, 7) is 0.673. The highest BCUT2D eigenvalue weighted by Gasteiger charge is 2.55. The van der Waals surface area contributed by atoms with Crippen molar-refractivity contribution in [3.63, 3.8) is 0 Å². The number of hydrogen-bond acceptors (Lipinski definition) is 3. The van der Waals surface area contributed by atoms with Crippen LogP contribution in [0.1, 0.15) is 25.7 Å². The Morgan fingerprint density at radius 2 is 1.56 bits per heavy atom. The lowest BCUT2D eigenvalue weighted by Crippen LogP contribution is -2.37. The molecule has 2 aliphatic carbocycles. The Morgan fingerprint density at radius 1 is 1.06 bits per heavy atom. The first-order valence-electron chi connectivity index (χ1n) is 6.30. The van der Waals surface area contributed by atoms with Gasteiger partial charge in [-0.3, -0.25) is 4.79 Å². The van der Waals surface area contributed by atoms with Crippen LogP contribution in [0.25, 0.3) is 0 Å². The summed E-state index contributed by atoms with van der Waals surface area (Å²) in [5.41, 5.74) is 0. The number of carbonyl (C=O) groups excluding carboxylic acids is 1. The second-order valence-corrected chi connectivity index (χ2v) is 4.91. The first-order chi connectivity index (χ1) is 7.79. The van der Waals surface area contributed by atoms with Gasteiger partial charge in [0.2, 0.25) is 5.91 Å². The molecule has 0 heterocycles. The molecule has 92 valence electrons. The van der Waals surface area contributed by atoms with E-state index in [0.717, 1.165) is 0 Å². The highest BCUT2D eigenvalue weighted by Crippen LogP contribution is 2.56. The van der Waals surface area contributed by atoms with Crippen LogP contribution in [0.15, 0.2) is 0 Å². The van der Waals surface area contributed by atoms with Crippen molar-refractivity contribution in [2.45, 2.75) is 25.7 Å². The molecule has 2 N–H and O–H groups in total. The molecule has 0 spiro atoms. The average Bonchev–Trinajstić information content (AvgIpc) is 3.02. The van der Waals surface area contributed by atoms with Gasteiger partial charge in [0.1, 0.15) is 0 Å². The maximum atomic E-state index is 12.2. The molecule has 0 aromatic rings. The number of aliphatic hydroxyl groups excluding tert-OH is 2. The summed E-state index contributed by atoms with van der Waals surface area (Å²) in [5, 5.41) is 17.8. The highest BCUT2D eigenvalue weighted by molar-refractivity contribution is 5.82. The molecule has 4 nitrogen and oxygen atoms in total. The van der Waals surface area contributed by atoms with Crippen LogP contribution >= 0.6 is 0 Å². The van der Waals surface area contributed by atoms with Gasteiger partial charge in [0.15, 0.2) is 0 Å². The number of fused-ring (bicyclic) bond motifs is 1.